The number of sulfonamides is 1. The Bertz CT molecular complexity index is 718. The second kappa shape index (κ2) is 7.64. The van der Waals surface area contributed by atoms with Crippen LogP contribution in [0.3, 0.4) is 0 Å². The maximum Gasteiger partial charge on any atom is 0.243 e. The molecule has 1 aliphatic carbocycles. The van der Waals surface area contributed by atoms with Gasteiger partial charge in [-0.1, -0.05) is 24.4 Å². The van der Waals surface area contributed by atoms with Gasteiger partial charge in [0, 0.05) is 24.7 Å². The van der Waals surface area contributed by atoms with E-state index in [4.69, 9.17) is 11.6 Å². The Kier molecular flexibility index (Phi) is 5.71. The van der Waals surface area contributed by atoms with Crippen LogP contribution in [0.1, 0.15) is 38.5 Å². The van der Waals surface area contributed by atoms with Gasteiger partial charge in [-0.25, -0.2) is 8.42 Å². The van der Waals surface area contributed by atoms with Crippen LogP contribution in [0.15, 0.2) is 29.2 Å². The van der Waals surface area contributed by atoms with Gasteiger partial charge in [-0.05, 0) is 55.9 Å². The molecule has 7 heteroatoms. The molecule has 0 radical (unpaired) electrons. The van der Waals surface area contributed by atoms with Gasteiger partial charge in [0.25, 0.3) is 0 Å². The predicted molar refractivity (Wildman–Crippen MR) is 98.0 cm³/mol. The maximum atomic E-state index is 12.8. The van der Waals surface area contributed by atoms with Crippen LogP contribution >= 0.6 is 11.6 Å². The zero-order valence-corrected chi connectivity index (χ0v) is 16.1. The summed E-state index contributed by atoms with van der Waals surface area (Å²) in [6, 6.07) is 6.32. The lowest BCUT2D eigenvalue weighted by Gasteiger charge is -2.44. The van der Waals surface area contributed by atoms with Crippen molar-refractivity contribution in [3.05, 3.63) is 29.3 Å². The van der Waals surface area contributed by atoms with Gasteiger partial charge in [-0.3, -0.25) is 4.79 Å². The molecule has 5 nitrogen and oxygen atoms in total. The number of likely N-dealkylation sites (N-methyl/N-ethyl adjacent to an activating group) is 1. The van der Waals surface area contributed by atoms with E-state index in [0.29, 0.717) is 17.0 Å². The van der Waals surface area contributed by atoms with E-state index < -0.39 is 10.0 Å². The number of likely N-dealkylation sites (tertiary alicyclic amines) is 1. The minimum atomic E-state index is -3.69. The van der Waals surface area contributed by atoms with Gasteiger partial charge in [-0.15, -0.1) is 0 Å². The highest BCUT2D eigenvalue weighted by Crippen LogP contribution is 2.35. The minimum Gasteiger partial charge on any atom is -0.338 e. The molecule has 1 aromatic carbocycles. The van der Waals surface area contributed by atoms with Crippen LogP contribution in [0.4, 0.5) is 0 Å². The molecule has 0 aromatic heterocycles. The fourth-order valence-electron chi connectivity index (χ4n) is 4.09. The third-order valence-electron chi connectivity index (χ3n) is 5.44. The van der Waals surface area contributed by atoms with E-state index in [-0.39, 0.29) is 17.3 Å². The number of carbonyl (C=O) groups excluding carboxylic acids is 1. The smallest absolute Gasteiger partial charge is 0.243 e. The zero-order valence-electron chi connectivity index (χ0n) is 14.5. The van der Waals surface area contributed by atoms with Crippen molar-refractivity contribution in [1.82, 2.24) is 9.21 Å². The fourth-order valence-corrected chi connectivity index (χ4v) is 5.33. The van der Waals surface area contributed by atoms with E-state index in [2.05, 4.69) is 0 Å². The van der Waals surface area contributed by atoms with Crippen molar-refractivity contribution in [2.45, 2.75) is 49.5 Å². The number of carbonyl (C=O) groups is 1. The molecule has 0 N–H and O–H groups in total. The van der Waals surface area contributed by atoms with E-state index in [0.717, 1.165) is 30.1 Å². The molecule has 1 aliphatic heterocycles. The summed E-state index contributed by atoms with van der Waals surface area (Å²) in [5, 5.41) is 0.481. The number of hydrogen-bond donors (Lipinski definition) is 0. The highest BCUT2D eigenvalue weighted by Gasteiger charge is 2.36. The lowest BCUT2D eigenvalue weighted by molar-refractivity contribution is -0.137. The van der Waals surface area contributed by atoms with Crippen molar-refractivity contribution < 1.29 is 13.2 Å². The molecule has 1 saturated heterocycles. The summed E-state index contributed by atoms with van der Waals surface area (Å²) >= 11 is 5.82. The maximum absolute atomic E-state index is 12.8. The summed E-state index contributed by atoms with van der Waals surface area (Å²) in [4.78, 5) is 14.9. The number of hydrogen-bond acceptors (Lipinski definition) is 3. The number of piperidine rings is 1. The summed E-state index contributed by atoms with van der Waals surface area (Å²) in [6.45, 7) is 0.628. The Morgan fingerprint density at radius 1 is 1.16 bits per heavy atom. The number of fused-ring (bicyclic) bond motifs is 1. The fraction of sp³-hybridized carbons (Fsp3) is 0.611. The van der Waals surface area contributed by atoms with E-state index in [1.807, 2.05) is 4.90 Å². The van der Waals surface area contributed by atoms with E-state index in [1.165, 1.54) is 38.4 Å². The quantitative estimate of drug-likeness (QED) is 0.801. The molecule has 138 valence electrons. The number of benzene rings is 1. The normalized spacial score (nSPS) is 24.2. The van der Waals surface area contributed by atoms with Gasteiger partial charge in [0.2, 0.25) is 15.9 Å². The number of nitrogens with zero attached hydrogens (tertiary/aromatic N) is 2. The van der Waals surface area contributed by atoms with Crippen LogP contribution in [0.5, 0.6) is 0 Å². The Morgan fingerprint density at radius 3 is 2.52 bits per heavy atom. The van der Waals surface area contributed by atoms with Crippen molar-refractivity contribution in [3.8, 4) is 0 Å². The van der Waals surface area contributed by atoms with Crippen LogP contribution in [0.2, 0.25) is 5.02 Å². The van der Waals surface area contributed by atoms with Gasteiger partial charge in [-0.2, -0.15) is 4.31 Å². The van der Waals surface area contributed by atoms with Gasteiger partial charge >= 0.3 is 0 Å². The van der Waals surface area contributed by atoms with Crippen molar-refractivity contribution in [1.29, 1.82) is 0 Å². The van der Waals surface area contributed by atoms with Gasteiger partial charge in [0.15, 0.2) is 0 Å². The Labute approximate surface area is 155 Å². The van der Waals surface area contributed by atoms with Crippen molar-refractivity contribution >= 4 is 27.5 Å². The van der Waals surface area contributed by atoms with Crippen LogP contribution in [0.25, 0.3) is 0 Å². The lowest BCUT2D eigenvalue weighted by atomic mass is 9.78. The predicted octanol–water partition coefficient (Wildman–Crippen LogP) is 3.14. The molecule has 1 heterocycles. The standard InChI is InChI=1S/C18H25ClN2O3S/c1-20(25(23,24)16-10-8-15(19)9-11-16)13-18(22)21-12-4-6-14-5-2-3-7-17(14)21/h8-11,14,17H,2-7,12-13H2,1H3. The van der Waals surface area contributed by atoms with Crippen molar-refractivity contribution in [2.24, 2.45) is 5.92 Å². The first-order valence-corrected chi connectivity index (χ1v) is 10.7. The summed E-state index contributed by atoms with van der Waals surface area (Å²) in [7, 11) is -2.23. The summed E-state index contributed by atoms with van der Waals surface area (Å²) in [5.74, 6) is 0.501. The average Bonchev–Trinajstić information content (AvgIpc) is 2.61. The Balaban J connectivity index is 1.70. The number of halogens is 1. The largest absolute Gasteiger partial charge is 0.338 e. The second-order valence-corrected chi connectivity index (χ2v) is 9.54. The molecule has 2 fully saturated rings. The third-order valence-corrected chi connectivity index (χ3v) is 7.51. The van der Waals surface area contributed by atoms with Crippen molar-refractivity contribution in [3.63, 3.8) is 0 Å². The average molecular weight is 385 g/mol. The van der Waals surface area contributed by atoms with E-state index >= 15 is 0 Å². The summed E-state index contributed by atoms with van der Waals surface area (Å²) < 4.78 is 26.5. The first-order valence-electron chi connectivity index (χ1n) is 8.91. The Morgan fingerprint density at radius 2 is 1.80 bits per heavy atom. The van der Waals surface area contributed by atoms with Gasteiger partial charge < -0.3 is 4.90 Å². The molecule has 1 saturated carbocycles. The molecule has 1 aromatic rings. The highest BCUT2D eigenvalue weighted by atomic mass is 35.5. The minimum absolute atomic E-state index is 0.0864. The zero-order chi connectivity index (χ0) is 18.0. The number of amides is 1. The molecular formula is C18H25ClN2O3S. The van der Waals surface area contributed by atoms with Crippen molar-refractivity contribution in [2.75, 3.05) is 20.1 Å². The molecule has 0 spiro atoms. The van der Waals surface area contributed by atoms with Crippen LogP contribution in [0, 0.1) is 5.92 Å². The molecule has 3 rings (SSSR count). The molecule has 0 bridgehead atoms. The SMILES string of the molecule is CN(CC(=O)N1CCCC2CCCCC21)S(=O)(=O)c1ccc(Cl)cc1. The van der Waals surface area contributed by atoms with E-state index in [9.17, 15) is 13.2 Å². The topological polar surface area (TPSA) is 57.7 Å². The van der Waals surface area contributed by atoms with Crippen LogP contribution in [-0.4, -0.2) is 49.7 Å². The second-order valence-electron chi connectivity index (χ2n) is 7.06. The van der Waals surface area contributed by atoms with Crippen LogP contribution < -0.4 is 0 Å². The lowest BCUT2D eigenvalue weighted by Crippen LogP contribution is -2.52. The Hall–Kier alpha value is -1.11. The molecular weight excluding hydrogens is 360 g/mol. The summed E-state index contributed by atoms with van der Waals surface area (Å²) in [6.07, 6.45) is 6.84. The molecule has 2 unspecified atom stereocenters. The summed E-state index contributed by atoms with van der Waals surface area (Å²) in [5.41, 5.74) is 0. The van der Waals surface area contributed by atoms with E-state index in [1.54, 1.807) is 12.1 Å². The molecule has 25 heavy (non-hydrogen) atoms. The number of rotatable bonds is 4. The first kappa shape index (κ1) is 18.7. The monoisotopic (exact) mass is 384 g/mol. The molecule has 1 amide bonds. The third kappa shape index (κ3) is 4.01. The van der Waals surface area contributed by atoms with Crippen LogP contribution in [-0.2, 0) is 14.8 Å². The van der Waals surface area contributed by atoms with Gasteiger partial charge in [0.05, 0.1) is 11.4 Å². The molecule has 2 atom stereocenters. The molecule has 2 aliphatic rings. The highest BCUT2D eigenvalue weighted by molar-refractivity contribution is 7.89. The first-order chi connectivity index (χ1) is 11.9. The van der Waals surface area contributed by atoms with Gasteiger partial charge in [0.1, 0.15) is 0 Å².